The number of amides is 2. The first-order chi connectivity index (χ1) is 10.6. The van der Waals surface area contributed by atoms with Crippen LogP contribution in [0, 0.1) is 0 Å². The second-order valence-corrected chi connectivity index (χ2v) is 5.35. The topological polar surface area (TPSA) is 76.7 Å². The van der Waals surface area contributed by atoms with E-state index in [1.54, 1.807) is 18.2 Å². The van der Waals surface area contributed by atoms with E-state index < -0.39 is 5.91 Å². The summed E-state index contributed by atoms with van der Waals surface area (Å²) in [6.07, 6.45) is 1.02. The molecule has 0 aliphatic carbocycles. The predicted octanol–water partition coefficient (Wildman–Crippen LogP) is 2.43. The third kappa shape index (κ3) is 6.44. The largest absolute Gasteiger partial charge is 0.493 e. The lowest BCUT2D eigenvalue weighted by Gasteiger charge is -2.12. The van der Waals surface area contributed by atoms with Crippen molar-refractivity contribution in [3.8, 4) is 5.75 Å². The van der Waals surface area contributed by atoms with Crippen molar-refractivity contribution in [3.05, 3.63) is 28.2 Å². The lowest BCUT2D eigenvalue weighted by atomic mass is 10.2. The molecule has 0 heterocycles. The second-order valence-electron chi connectivity index (χ2n) is 4.44. The van der Waals surface area contributed by atoms with Gasteiger partial charge in [0.05, 0.1) is 25.2 Å². The normalized spacial score (nSPS) is 10.1. The van der Waals surface area contributed by atoms with Gasteiger partial charge in [-0.05, 0) is 31.5 Å². The van der Waals surface area contributed by atoms with Crippen molar-refractivity contribution in [3.63, 3.8) is 0 Å². The highest BCUT2D eigenvalue weighted by Gasteiger charge is 2.14. The summed E-state index contributed by atoms with van der Waals surface area (Å²) in [4.78, 5) is 23.7. The molecule has 0 saturated heterocycles. The van der Waals surface area contributed by atoms with E-state index in [1.165, 1.54) is 0 Å². The second kappa shape index (κ2) is 10.2. The minimum atomic E-state index is -0.433. The zero-order valence-corrected chi connectivity index (χ0v) is 14.4. The van der Waals surface area contributed by atoms with Crippen molar-refractivity contribution < 1.29 is 19.1 Å². The summed E-state index contributed by atoms with van der Waals surface area (Å²) in [5.41, 5.74) is 5.08. The summed E-state index contributed by atoms with van der Waals surface area (Å²) in [5.74, 6) is -0.267. The smallest absolute Gasteiger partial charge is 0.273 e. The number of carbonyl (C=O) groups is 2. The monoisotopic (exact) mass is 372 g/mol. The summed E-state index contributed by atoms with van der Waals surface area (Å²) in [6.45, 7) is 5.22. The zero-order chi connectivity index (χ0) is 16.4. The third-order valence-corrected chi connectivity index (χ3v) is 3.13. The lowest BCUT2D eigenvalue weighted by Crippen LogP contribution is -2.42. The molecule has 2 N–H and O–H groups in total. The van der Waals surface area contributed by atoms with Crippen molar-refractivity contribution in [1.29, 1.82) is 0 Å². The number of ether oxygens (including phenoxy) is 2. The fourth-order valence-electron chi connectivity index (χ4n) is 1.58. The molecule has 1 rings (SSSR count). The van der Waals surface area contributed by atoms with Gasteiger partial charge in [-0.2, -0.15) is 0 Å². The van der Waals surface area contributed by atoms with Crippen LogP contribution >= 0.6 is 15.9 Å². The van der Waals surface area contributed by atoms with E-state index in [4.69, 9.17) is 9.47 Å². The SMILES string of the molecule is CCCOc1ccc(Br)cc1C(=O)NNC(=O)CCOCC. The molecular formula is C15H21BrN2O4. The van der Waals surface area contributed by atoms with Gasteiger partial charge in [-0.25, -0.2) is 0 Å². The molecule has 0 aliphatic rings. The van der Waals surface area contributed by atoms with E-state index in [9.17, 15) is 9.59 Å². The van der Waals surface area contributed by atoms with Crippen LogP contribution in [0.3, 0.4) is 0 Å². The van der Waals surface area contributed by atoms with Crippen molar-refractivity contribution in [2.45, 2.75) is 26.7 Å². The lowest BCUT2D eigenvalue weighted by molar-refractivity contribution is -0.122. The van der Waals surface area contributed by atoms with Crippen molar-refractivity contribution >= 4 is 27.7 Å². The van der Waals surface area contributed by atoms with Crippen LogP contribution < -0.4 is 15.6 Å². The van der Waals surface area contributed by atoms with E-state index >= 15 is 0 Å². The third-order valence-electron chi connectivity index (χ3n) is 2.64. The Labute approximate surface area is 138 Å². The highest BCUT2D eigenvalue weighted by molar-refractivity contribution is 9.10. The Morgan fingerprint density at radius 2 is 1.95 bits per heavy atom. The molecule has 6 nitrogen and oxygen atoms in total. The first kappa shape index (κ1) is 18.4. The van der Waals surface area contributed by atoms with Crippen LogP contribution in [-0.2, 0) is 9.53 Å². The molecule has 0 bridgehead atoms. The Bertz CT molecular complexity index is 508. The van der Waals surface area contributed by atoms with Crippen LogP contribution in [0.2, 0.25) is 0 Å². The maximum atomic E-state index is 12.2. The fraction of sp³-hybridized carbons (Fsp3) is 0.467. The van der Waals surface area contributed by atoms with Gasteiger partial charge < -0.3 is 9.47 Å². The van der Waals surface area contributed by atoms with Crippen LogP contribution in [0.1, 0.15) is 37.0 Å². The quantitative estimate of drug-likeness (QED) is 0.542. The molecule has 0 atom stereocenters. The zero-order valence-electron chi connectivity index (χ0n) is 12.8. The summed E-state index contributed by atoms with van der Waals surface area (Å²) < 4.78 is 11.4. The van der Waals surface area contributed by atoms with Gasteiger partial charge in [0.2, 0.25) is 5.91 Å². The van der Waals surface area contributed by atoms with Gasteiger partial charge in [-0.3, -0.25) is 20.4 Å². The number of rotatable bonds is 8. The standard InChI is InChI=1S/C15H21BrN2O4/c1-3-8-22-13-6-5-11(16)10-12(13)15(20)18-17-14(19)7-9-21-4-2/h5-6,10H,3-4,7-9H2,1-2H3,(H,17,19)(H,18,20). The first-order valence-corrected chi connectivity index (χ1v) is 7.97. The molecule has 0 saturated carbocycles. The highest BCUT2D eigenvalue weighted by atomic mass is 79.9. The maximum Gasteiger partial charge on any atom is 0.273 e. The molecule has 1 aromatic rings. The molecule has 7 heteroatoms. The Hall–Kier alpha value is -1.60. The van der Waals surface area contributed by atoms with Crippen LogP contribution in [0.15, 0.2) is 22.7 Å². The Morgan fingerprint density at radius 3 is 2.64 bits per heavy atom. The minimum absolute atomic E-state index is 0.186. The van der Waals surface area contributed by atoms with Crippen LogP contribution in [-0.4, -0.2) is 31.6 Å². The van der Waals surface area contributed by atoms with Gasteiger partial charge in [0.25, 0.3) is 5.91 Å². The Kier molecular flexibility index (Phi) is 8.54. The summed E-state index contributed by atoms with van der Waals surface area (Å²) in [5, 5.41) is 0. The molecule has 0 unspecified atom stereocenters. The van der Waals surface area contributed by atoms with Gasteiger partial charge >= 0.3 is 0 Å². The molecule has 22 heavy (non-hydrogen) atoms. The summed E-state index contributed by atoms with van der Waals surface area (Å²) in [6, 6.07) is 5.15. The van der Waals surface area contributed by atoms with Gasteiger partial charge in [0, 0.05) is 11.1 Å². The van der Waals surface area contributed by atoms with Gasteiger partial charge in [0.15, 0.2) is 0 Å². The van der Waals surface area contributed by atoms with Crippen LogP contribution in [0.5, 0.6) is 5.75 Å². The Morgan fingerprint density at radius 1 is 1.18 bits per heavy atom. The van der Waals surface area contributed by atoms with Gasteiger partial charge in [-0.1, -0.05) is 22.9 Å². The van der Waals surface area contributed by atoms with Gasteiger partial charge in [-0.15, -0.1) is 0 Å². The van der Waals surface area contributed by atoms with Gasteiger partial charge in [0.1, 0.15) is 5.75 Å². The van der Waals surface area contributed by atoms with E-state index in [2.05, 4.69) is 26.8 Å². The first-order valence-electron chi connectivity index (χ1n) is 7.17. The molecule has 0 fully saturated rings. The van der Waals surface area contributed by atoms with E-state index in [1.807, 2.05) is 13.8 Å². The highest BCUT2D eigenvalue weighted by Crippen LogP contribution is 2.23. The molecule has 1 aromatic carbocycles. The number of halogens is 1. The van der Waals surface area contributed by atoms with Crippen molar-refractivity contribution in [2.75, 3.05) is 19.8 Å². The molecule has 0 spiro atoms. The number of hydrazine groups is 1. The van der Waals surface area contributed by atoms with Crippen molar-refractivity contribution in [1.82, 2.24) is 10.9 Å². The number of hydrogen-bond donors (Lipinski definition) is 2. The van der Waals surface area contributed by atoms with E-state index in [-0.39, 0.29) is 12.3 Å². The number of carbonyl (C=O) groups excluding carboxylic acids is 2. The number of hydrogen-bond acceptors (Lipinski definition) is 4. The van der Waals surface area contributed by atoms with Crippen molar-refractivity contribution in [2.24, 2.45) is 0 Å². The molecule has 2 amide bonds. The fourth-order valence-corrected chi connectivity index (χ4v) is 1.94. The molecule has 122 valence electrons. The molecule has 0 aromatic heterocycles. The maximum absolute atomic E-state index is 12.2. The minimum Gasteiger partial charge on any atom is -0.493 e. The predicted molar refractivity (Wildman–Crippen MR) is 86.6 cm³/mol. The average Bonchev–Trinajstić information content (AvgIpc) is 2.51. The van der Waals surface area contributed by atoms with E-state index in [0.29, 0.717) is 31.1 Å². The summed E-state index contributed by atoms with van der Waals surface area (Å²) >= 11 is 3.32. The van der Waals surface area contributed by atoms with Crippen LogP contribution in [0.4, 0.5) is 0 Å². The average molecular weight is 373 g/mol. The number of nitrogens with one attached hydrogen (secondary N) is 2. The van der Waals surface area contributed by atoms with Crippen LogP contribution in [0.25, 0.3) is 0 Å². The Balaban J connectivity index is 2.60. The van der Waals surface area contributed by atoms with E-state index in [0.717, 1.165) is 10.9 Å². The molecule has 0 radical (unpaired) electrons. The summed E-state index contributed by atoms with van der Waals surface area (Å²) in [7, 11) is 0. The molecule has 0 aliphatic heterocycles. The number of benzene rings is 1. The molecular weight excluding hydrogens is 352 g/mol.